The lowest BCUT2D eigenvalue weighted by molar-refractivity contribution is -0.147. The molecule has 1 aliphatic heterocycles. The molecule has 0 spiro atoms. The van der Waals surface area contributed by atoms with Crippen LogP contribution in [-0.2, 0) is 14.1 Å². The highest BCUT2D eigenvalue weighted by Gasteiger charge is 2.56. The zero-order chi connectivity index (χ0) is 21.5. The zero-order valence-corrected chi connectivity index (χ0v) is 19.7. The predicted molar refractivity (Wildman–Crippen MR) is 116 cm³/mol. The van der Waals surface area contributed by atoms with E-state index in [1.54, 1.807) is 0 Å². The molecular weight excluding hydrogens is 351 g/mol. The monoisotopic (exact) mass is 394 g/mol. The summed E-state index contributed by atoms with van der Waals surface area (Å²) in [5.74, 6) is 0.643. The molecule has 0 aromatic carbocycles. The molecule has 28 heavy (non-hydrogen) atoms. The average molecular weight is 394 g/mol. The molecule has 2 fully saturated rings. The van der Waals surface area contributed by atoms with Gasteiger partial charge in [0.15, 0.2) is 0 Å². The second-order valence-corrected chi connectivity index (χ2v) is 11.5. The molecule has 5 nitrogen and oxygen atoms in total. The van der Waals surface area contributed by atoms with Gasteiger partial charge in [-0.1, -0.05) is 33.6 Å². The smallest absolute Gasteiger partial charge is 0.403 e. The summed E-state index contributed by atoms with van der Waals surface area (Å²) in [5.41, 5.74) is 4.88. The molecular formula is C22H43BN2O3. The molecule has 2 aliphatic rings. The number of hydrogen-bond acceptors (Lipinski definition) is 4. The van der Waals surface area contributed by atoms with Crippen LogP contribution >= 0.6 is 0 Å². The van der Waals surface area contributed by atoms with Crippen LogP contribution in [0, 0.1) is 22.7 Å². The summed E-state index contributed by atoms with van der Waals surface area (Å²) in [4.78, 5) is 15.0. The lowest BCUT2D eigenvalue weighted by Gasteiger charge is -2.53. The number of carbonyl (C=O) groups is 1. The third-order valence-electron chi connectivity index (χ3n) is 7.71. The first kappa shape index (κ1) is 23.7. The second-order valence-electron chi connectivity index (χ2n) is 11.5. The first-order valence-electron chi connectivity index (χ1n) is 10.9. The summed E-state index contributed by atoms with van der Waals surface area (Å²) >= 11 is 0. The lowest BCUT2D eigenvalue weighted by Crippen LogP contribution is -2.57. The summed E-state index contributed by atoms with van der Waals surface area (Å²) in [6, 6.07) is 0. The van der Waals surface area contributed by atoms with Gasteiger partial charge < -0.3 is 19.9 Å². The van der Waals surface area contributed by atoms with E-state index in [9.17, 15) is 4.79 Å². The van der Waals surface area contributed by atoms with Crippen molar-refractivity contribution in [1.82, 2.24) is 4.90 Å². The topological polar surface area (TPSA) is 64.8 Å². The van der Waals surface area contributed by atoms with Crippen molar-refractivity contribution in [3.63, 3.8) is 0 Å². The van der Waals surface area contributed by atoms with E-state index in [0.29, 0.717) is 11.8 Å². The predicted octanol–water partition coefficient (Wildman–Crippen LogP) is 3.96. The van der Waals surface area contributed by atoms with Crippen molar-refractivity contribution in [3.8, 4) is 0 Å². The first-order chi connectivity index (χ1) is 12.6. The van der Waals surface area contributed by atoms with Crippen molar-refractivity contribution >= 4 is 13.0 Å². The van der Waals surface area contributed by atoms with Crippen LogP contribution in [0.5, 0.6) is 0 Å². The Morgan fingerprint density at radius 3 is 2.07 bits per heavy atom. The van der Waals surface area contributed by atoms with E-state index >= 15 is 0 Å². The summed E-state index contributed by atoms with van der Waals surface area (Å²) in [7, 11) is 4.00. The van der Waals surface area contributed by atoms with Gasteiger partial charge in [0.05, 0.1) is 16.6 Å². The fourth-order valence-corrected chi connectivity index (χ4v) is 5.39. The molecule has 1 heterocycles. The average Bonchev–Trinajstić information content (AvgIpc) is 2.71. The number of hydrogen-bond donors (Lipinski definition) is 1. The van der Waals surface area contributed by atoms with E-state index in [0.717, 1.165) is 38.5 Å². The zero-order valence-electron chi connectivity index (χ0n) is 19.7. The minimum absolute atomic E-state index is 0.132. The van der Waals surface area contributed by atoms with Gasteiger partial charge in [0, 0.05) is 6.54 Å². The van der Waals surface area contributed by atoms with E-state index in [2.05, 4.69) is 67.5 Å². The third kappa shape index (κ3) is 4.44. The molecule has 0 bridgehead atoms. The summed E-state index contributed by atoms with van der Waals surface area (Å²) in [6.07, 6.45) is 4.94. The molecule has 3 atom stereocenters. The maximum atomic E-state index is 12.8. The quantitative estimate of drug-likeness (QED) is 0.693. The number of nitrogens with zero attached hydrogens (tertiary/aromatic N) is 1. The number of nitrogens with two attached hydrogens (primary N) is 1. The molecule has 1 saturated heterocycles. The largest absolute Gasteiger partial charge is 0.457 e. The number of primary amides is 1. The van der Waals surface area contributed by atoms with Gasteiger partial charge in [0.2, 0.25) is 5.91 Å². The van der Waals surface area contributed by atoms with Crippen LogP contribution in [0.15, 0.2) is 0 Å². The molecule has 162 valence electrons. The van der Waals surface area contributed by atoms with Crippen molar-refractivity contribution in [2.75, 3.05) is 20.6 Å². The fraction of sp³-hybridized carbons (Fsp3) is 0.955. The Balaban J connectivity index is 2.12. The van der Waals surface area contributed by atoms with Crippen LogP contribution in [0.25, 0.3) is 0 Å². The molecule has 6 heteroatoms. The first-order valence-corrected chi connectivity index (χ1v) is 10.9. The highest BCUT2D eigenvalue weighted by atomic mass is 16.7. The molecule has 1 amide bonds. The summed E-state index contributed by atoms with van der Waals surface area (Å²) in [6.45, 7) is 15.8. The molecule has 0 aromatic heterocycles. The summed E-state index contributed by atoms with van der Waals surface area (Å²) < 4.78 is 12.4. The van der Waals surface area contributed by atoms with Gasteiger partial charge in [0.25, 0.3) is 0 Å². The Hall–Kier alpha value is -0.585. The van der Waals surface area contributed by atoms with Gasteiger partial charge in [-0.3, -0.25) is 4.79 Å². The second kappa shape index (κ2) is 7.92. The van der Waals surface area contributed by atoms with E-state index in [1.165, 1.54) is 0 Å². The highest BCUT2D eigenvalue weighted by molar-refractivity contribution is 6.45. The standard InChI is InChI=1S/C22H43BN2O3/c1-19(2,3)22(18(24)26)14-16(10-11-17(22)15-25(8)9)12-13-23-27-20(4,5)21(6,7)28-23/h16-17H,10-15H2,1-9H3,(H2,24,26). The highest BCUT2D eigenvalue weighted by Crippen LogP contribution is 2.55. The fourth-order valence-electron chi connectivity index (χ4n) is 5.39. The van der Waals surface area contributed by atoms with Crippen LogP contribution in [0.3, 0.4) is 0 Å². The SMILES string of the molecule is CN(C)CC1CCC(CCB2OC(C)(C)C(C)(C)O2)CC1(C(N)=O)C(C)(C)C. The minimum Gasteiger partial charge on any atom is -0.403 e. The third-order valence-corrected chi connectivity index (χ3v) is 7.71. The van der Waals surface area contributed by atoms with E-state index in [-0.39, 0.29) is 29.6 Å². The van der Waals surface area contributed by atoms with Crippen LogP contribution < -0.4 is 5.73 Å². The van der Waals surface area contributed by atoms with Crippen molar-refractivity contribution < 1.29 is 14.1 Å². The Bertz CT molecular complexity index is 555. The van der Waals surface area contributed by atoms with Crippen molar-refractivity contribution in [2.45, 2.75) is 91.7 Å². The Kier molecular flexibility index (Phi) is 6.70. The van der Waals surface area contributed by atoms with E-state index in [4.69, 9.17) is 15.0 Å². The Labute approximate surface area is 173 Å². The number of carbonyl (C=O) groups excluding carboxylic acids is 1. The summed E-state index contributed by atoms with van der Waals surface area (Å²) in [5, 5.41) is 0. The lowest BCUT2D eigenvalue weighted by atomic mass is 9.51. The van der Waals surface area contributed by atoms with Gasteiger partial charge in [0.1, 0.15) is 0 Å². The molecule has 0 radical (unpaired) electrons. The van der Waals surface area contributed by atoms with Crippen LogP contribution in [0.4, 0.5) is 0 Å². The van der Waals surface area contributed by atoms with Crippen LogP contribution in [0.1, 0.15) is 74.1 Å². The molecule has 2 N–H and O–H groups in total. The Morgan fingerprint density at radius 1 is 1.11 bits per heavy atom. The van der Waals surface area contributed by atoms with Crippen molar-refractivity contribution in [3.05, 3.63) is 0 Å². The van der Waals surface area contributed by atoms with Gasteiger partial charge >= 0.3 is 7.12 Å². The molecule has 0 aromatic rings. The molecule has 3 unspecified atom stereocenters. The minimum atomic E-state index is -0.476. The molecule has 2 rings (SSSR count). The van der Waals surface area contributed by atoms with Crippen LogP contribution in [-0.4, -0.2) is 49.8 Å². The van der Waals surface area contributed by atoms with Crippen molar-refractivity contribution in [2.24, 2.45) is 28.4 Å². The van der Waals surface area contributed by atoms with Gasteiger partial charge in [-0.25, -0.2) is 0 Å². The van der Waals surface area contributed by atoms with Crippen molar-refractivity contribution in [1.29, 1.82) is 0 Å². The van der Waals surface area contributed by atoms with Gasteiger partial charge in [-0.2, -0.15) is 0 Å². The van der Waals surface area contributed by atoms with Gasteiger partial charge in [-0.15, -0.1) is 0 Å². The van der Waals surface area contributed by atoms with Gasteiger partial charge in [-0.05, 0) is 78.2 Å². The normalized spacial score (nSPS) is 32.7. The Morgan fingerprint density at radius 2 is 1.64 bits per heavy atom. The molecule has 1 aliphatic carbocycles. The van der Waals surface area contributed by atoms with Crippen LogP contribution in [0.2, 0.25) is 6.32 Å². The maximum absolute atomic E-state index is 12.8. The number of amides is 1. The maximum Gasteiger partial charge on any atom is 0.457 e. The number of rotatable bonds is 6. The molecule has 1 saturated carbocycles. The van der Waals surface area contributed by atoms with E-state index in [1.807, 2.05) is 0 Å². The van der Waals surface area contributed by atoms with E-state index < -0.39 is 5.41 Å².